The van der Waals surface area contributed by atoms with Crippen molar-refractivity contribution in [3.63, 3.8) is 0 Å². The molecule has 0 N–H and O–H groups in total. The van der Waals surface area contributed by atoms with Gasteiger partial charge in [0.05, 0.1) is 18.5 Å². The number of nitrogens with zero attached hydrogens (tertiary/aromatic N) is 6. The van der Waals surface area contributed by atoms with Gasteiger partial charge in [-0.05, 0) is 5.53 Å². The van der Waals surface area contributed by atoms with Crippen molar-refractivity contribution in [3.8, 4) is 0 Å². The fourth-order valence-corrected chi connectivity index (χ4v) is 2.23. The van der Waals surface area contributed by atoms with E-state index in [1.807, 2.05) is 12.5 Å². The first-order chi connectivity index (χ1) is 8.35. The third-order valence-electron chi connectivity index (χ3n) is 3.10. The summed E-state index contributed by atoms with van der Waals surface area (Å²) >= 11 is 0. The van der Waals surface area contributed by atoms with Crippen molar-refractivity contribution >= 4 is 0 Å². The summed E-state index contributed by atoms with van der Waals surface area (Å²) in [5, 5.41) is 3.55. The van der Waals surface area contributed by atoms with Crippen LogP contribution in [0.4, 0.5) is 0 Å². The van der Waals surface area contributed by atoms with Crippen molar-refractivity contribution in [1.82, 2.24) is 14.5 Å². The minimum atomic E-state index is 0.162. The van der Waals surface area contributed by atoms with Crippen LogP contribution in [0.1, 0.15) is 6.04 Å². The van der Waals surface area contributed by atoms with E-state index in [0.29, 0.717) is 6.54 Å². The topological polar surface area (TPSA) is 79.0 Å². The van der Waals surface area contributed by atoms with E-state index in [9.17, 15) is 0 Å². The maximum absolute atomic E-state index is 8.24. The Hall–Kier alpha value is -1.56. The second-order valence-corrected chi connectivity index (χ2v) is 4.07. The molecule has 1 aromatic rings. The summed E-state index contributed by atoms with van der Waals surface area (Å²) in [5.41, 5.74) is 8.24. The molecule has 1 saturated heterocycles. The van der Waals surface area contributed by atoms with Gasteiger partial charge in [-0.25, -0.2) is 4.98 Å². The Balaban J connectivity index is 1.96. The van der Waals surface area contributed by atoms with Crippen LogP contribution in [0.15, 0.2) is 23.8 Å². The van der Waals surface area contributed by atoms with E-state index in [0.717, 1.165) is 19.6 Å². The number of hydrogen-bond donors (Lipinski definition) is 0. The smallest absolute Gasteiger partial charge is 0.0949 e. The summed E-state index contributed by atoms with van der Waals surface area (Å²) in [6.45, 7) is 3.04. The van der Waals surface area contributed by atoms with E-state index < -0.39 is 0 Å². The van der Waals surface area contributed by atoms with Crippen LogP contribution in [-0.2, 0) is 4.74 Å². The van der Waals surface area contributed by atoms with Crippen molar-refractivity contribution in [2.24, 2.45) is 5.11 Å². The molecule has 17 heavy (non-hydrogen) atoms. The average Bonchev–Trinajstić information content (AvgIpc) is 2.97. The van der Waals surface area contributed by atoms with E-state index in [4.69, 9.17) is 10.3 Å². The van der Waals surface area contributed by atoms with E-state index in [1.165, 1.54) is 0 Å². The van der Waals surface area contributed by atoms with Gasteiger partial charge in [0.1, 0.15) is 0 Å². The second kappa shape index (κ2) is 5.67. The molecule has 2 heterocycles. The molecule has 2 rings (SSSR count). The van der Waals surface area contributed by atoms with Gasteiger partial charge in [0.2, 0.25) is 0 Å². The molecule has 0 spiro atoms. The number of methoxy groups -OCH3 is 1. The predicted molar refractivity (Wildman–Crippen MR) is 62.5 cm³/mol. The summed E-state index contributed by atoms with van der Waals surface area (Å²) in [5.74, 6) is 0. The molecule has 0 unspecified atom stereocenters. The number of azide groups is 1. The maximum atomic E-state index is 8.24. The largest absolute Gasteiger partial charge is 0.378 e. The summed E-state index contributed by atoms with van der Waals surface area (Å²) < 4.78 is 7.56. The SMILES string of the molecule is CO[C@@H]1CN(CCN=[N+]=[N-])C[C@H]1n1ccnc1. The molecule has 7 heteroatoms. The molecule has 92 valence electrons. The summed E-state index contributed by atoms with van der Waals surface area (Å²) in [6.07, 6.45) is 5.70. The van der Waals surface area contributed by atoms with Crippen LogP contribution in [0, 0.1) is 0 Å². The normalized spacial score (nSPS) is 24.8. The first kappa shape index (κ1) is 11.9. The first-order valence-corrected chi connectivity index (χ1v) is 5.58. The van der Waals surface area contributed by atoms with Crippen LogP contribution < -0.4 is 0 Å². The van der Waals surface area contributed by atoms with E-state index >= 15 is 0 Å². The molecular formula is C10H16N6O. The zero-order chi connectivity index (χ0) is 12.1. The Morgan fingerprint density at radius 2 is 2.47 bits per heavy atom. The molecule has 1 aliphatic heterocycles. The van der Waals surface area contributed by atoms with E-state index in [2.05, 4.69) is 24.5 Å². The van der Waals surface area contributed by atoms with Gasteiger partial charge in [-0.15, -0.1) is 0 Å². The molecule has 1 fully saturated rings. The van der Waals surface area contributed by atoms with Gasteiger partial charge < -0.3 is 9.30 Å². The van der Waals surface area contributed by atoms with Crippen LogP contribution in [0.3, 0.4) is 0 Å². The van der Waals surface area contributed by atoms with E-state index in [-0.39, 0.29) is 12.1 Å². The molecule has 0 aliphatic carbocycles. The number of hydrogen-bond acceptors (Lipinski definition) is 4. The highest BCUT2D eigenvalue weighted by atomic mass is 16.5. The highest BCUT2D eigenvalue weighted by Crippen LogP contribution is 2.23. The second-order valence-electron chi connectivity index (χ2n) is 4.07. The summed E-state index contributed by atoms with van der Waals surface area (Å²) in [4.78, 5) is 9.06. The monoisotopic (exact) mass is 236 g/mol. The lowest BCUT2D eigenvalue weighted by atomic mass is 10.2. The number of aromatic nitrogens is 2. The third-order valence-corrected chi connectivity index (χ3v) is 3.10. The van der Waals surface area contributed by atoms with Gasteiger partial charge in [-0.1, -0.05) is 5.11 Å². The Morgan fingerprint density at radius 1 is 1.59 bits per heavy atom. The number of imidazole rings is 1. The van der Waals surface area contributed by atoms with Gasteiger partial charge in [0.15, 0.2) is 0 Å². The van der Waals surface area contributed by atoms with Crippen molar-refractivity contribution in [3.05, 3.63) is 29.2 Å². The Kier molecular flexibility index (Phi) is 3.98. The molecule has 7 nitrogen and oxygen atoms in total. The van der Waals surface area contributed by atoms with Crippen molar-refractivity contribution in [1.29, 1.82) is 0 Å². The van der Waals surface area contributed by atoms with Crippen LogP contribution >= 0.6 is 0 Å². The standard InChI is InChI=1S/C10H16N6O/c1-17-10-7-15(4-3-13-14-11)6-9(10)16-5-2-12-8-16/h2,5,8-10H,3-4,6-7H2,1H3/t9-,10-/m1/s1. The third kappa shape index (κ3) is 2.76. The Morgan fingerprint density at radius 3 is 3.12 bits per heavy atom. The molecule has 2 atom stereocenters. The van der Waals surface area contributed by atoms with Gasteiger partial charge in [-0.2, -0.15) is 0 Å². The molecular weight excluding hydrogens is 220 g/mol. The predicted octanol–water partition coefficient (Wildman–Crippen LogP) is 1.07. The Labute approximate surface area is 99.6 Å². The summed E-state index contributed by atoms with van der Waals surface area (Å²) in [6, 6.07) is 0.286. The minimum Gasteiger partial charge on any atom is -0.378 e. The van der Waals surface area contributed by atoms with Gasteiger partial charge in [0.25, 0.3) is 0 Å². The van der Waals surface area contributed by atoms with Crippen LogP contribution in [0.2, 0.25) is 0 Å². The maximum Gasteiger partial charge on any atom is 0.0949 e. The lowest BCUT2D eigenvalue weighted by molar-refractivity contribution is 0.0817. The zero-order valence-corrected chi connectivity index (χ0v) is 9.81. The molecule has 0 aromatic carbocycles. The first-order valence-electron chi connectivity index (χ1n) is 5.58. The van der Waals surface area contributed by atoms with Crippen LogP contribution in [-0.4, -0.2) is 53.8 Å². The quantitative estimate of drug-likeness (QED) is 0.435. The van der Waals surface area contributed by atoms with Crippen molar-refractivity contribution in [2.45, 2.75) is 12.1 Å². The molecule has 0 saturated carbocycles. The fraction of sp³-hybridized carbons (Fsp3) is 0.700. The van der Waals surface area contributed by atoms with E-state index in [1.54, 1.807) is 13.3 Å². The van der Waals surface area contributed by atoms with Crippen LogP contribution in [0.25, 0.3) is 10.4 Å². The van der Waals surface area contributed by atoms with Crippen molar-refractivity contribution < 1.29 is 4.74 Å². The Bertz CT molecular complexity index is 386. The van der Waals surface area contributed by atoms with Gasteiger partial charge >= 0.3 is 0 Å². The number of rotatable bonds is 5. The molecule has 0 amide bonds. The highest BCUT2D eigenvalue weighted by Gasteiger charge is 2.33. The van der Waals surface area contributed by atoms with Gasteiger partial charge in [-0.3, -0.25) is 4.90 Å². The highest BCUT2D eigenvalue weighted by molar-refractivity contribution is 4.93. The number of ether oxygens (including phenoxy) is 1. The zero-order valence-electron chi connectivity index (χ0n) is 9.81. The molecule has 1 aliphatic rings. The minimum absolute atomic E-state index is 0.162. The lowest BCUT2D eigenvalue weighted by Gasteiger charge is -2.17. The van der Waals surface area contributed by atoms with Gasteiger partial charge in [0, 0.05) is 50.6 Å². The molecule has 1 aromatic heterocycles. The number of likely N-dealkylation sites (tertiary alicyclic amines) is 1. The summed E-state index contributed by atoms with van der Waals surface area (Å²) in [7, 11) is 1.73. The molecule has 0 radical (unpaired) electrons. The average molecular weight is 236 g/mol. The fourth-order valence-electron chi connectivity index (χ4n) is 2.23. The van der Waals surface area contributed by atoms with Crippen molar-refractivity contribution in [2.75, 3.05) is 33.3 Å². The lowest BCUT2D eigenvalue weighted by Crippen LogP contribution is -2.25. The van der Waals surface area contributed by atoms with Crippen LogP contribution in [0.5, 0.6) is 0 Å². The molecule has 0 bridgehead atoms.